The van der Waals surface area contributed by atoms with Gasteiger partial charge < -0.3 is 5.32 Å². The number of nitrogens with one attached hydrogen (secondary N) is 1. The maximum atomic E-state index is 13.1. The second kappa shape index (κ2) is 6.57. The lowest BCUT2D eigenvalue weighted by Gasteiger charge is -2.21. The minimum absolute atomic E-state index is 0.215. The van der Waals surface area contributed by atoms with E-state index in [2.05, 4.69) is 21.2 Å². The van der Waals surface area contributed by atoms with Gasteiger partial charge in [-0.3, -0.25) is 4.79 Å². The Labute approximate surface area is 119 Å². The lowest BCUT2D eigenvalue weighted by molar-refractivity contribution is 0.0952. The van der Waals surface area contributed by atoms with Gasteiger partial charge in [0.05, 0.1) is 5.56 Å². The number of carbonyl (C=O) groups excluding carboxylic acids is 1. The summed E-state index contributed by atoms with van der Waals surface area (Å²) >= 11 is 5.17. The third-order valence-electron chi connectivity index (χ3n) is 2.94. The Morgan fingerprint density at radius 3 is 3.06 bits per heavy atom. The summed E-state index contributed by atoms with van der Waals surface area (Å²) in [5, 5.41) is 3.38. The van der Waals surface area contributed by atoms with Crippen LogP contribution in [0.1, 0.15) is 29.6 Å². The average Bonchev–Trinajstić information content (AvgIpc) is 2.40. The Kier molecular flexibility index (Phi) is 5.06. The molecule has 0 aliphatic carbocycles. The second-order valence-electron chi connectivity index (χ2n) is 4.32. The molecule has 1 aromatic rings. The number of hydrogen-bond acceptors (Lipinski definition) is 2. The third kappa shape index (κ3) is 3.72. The number of hydrogen-bond donors (Lipinski definition) is 1. The standard InChI is InChI=1S/C13H15BrFNOS/c14-12-5-4-9(15)7-11(12)13(17)16-8-10-3-1-2-6-18-10/h4-5,7,10H,1-3,6,8H2,(H,16,17). The Hall–Kier alpha value is -0.550. The van der Waals surface area contributed by atoms with Crippen molar-refractivity contribution in [3.8, 4) is 0 Å². The number of rotatable bonds is 3. The van der Waals surface area contributed by atoms with E-state index in [4.69, 9.17) is 0 Å². The zero-order valence-corrected chi connectivity index (χ0v) is 12.3. The summed E-state index contributed by atoms with van der Waals surface area (Å²) in [5.41, 5.74) is 0.357. The summed E-state index contributed by atoms with van der Waals surface area (Å²) in [6.07, 6.45) is 3.65. The Morgan fingerprint density at radius 1 is 1.50 bits per heavy atom. The maximum absolute atomic E-state index is 13.1. The molecule has 98 valence electrons. The maximum Gasteiger partial charge on any atom is 0.252 e. The van der Waals surface area contributed by atoms with E-state index >= 15 is 0 Å². The van der Waals surface area contributed by atoms with Crippen LogP contribution in [-0.2, 0) is 0 Å². The van der Waals surface area contributed by atoms with Crippen LogP contribution in [-0.4, -0.2) is 23.5 Å². The van der Waals surface area contributed by atoms with Crippen LogP contribution in [0.2, 0.25) is 0 Å². The van der Waals surface area contributed by atoms with Gasteiger partial charge in [-0.2, -0.15) is 11.8 Å². The number of halogens is 2. The van der Waals surface area contributed by atoms with Crippen LogP contribution in [0.25, 0.3) is 0 Å². The minimum atomic E-state index is -0.393. The molecule has 0 spiro atoms. The summed E-state index contributed by atoms with van der Waals surface area (Å²) in [4.78, 5) is 11.9. The zero-order valence-electron chi connectivity index (χ0n) is 9.92. The Morgan fingerprint density at radius 2 is 2.33 bits per heavy atom. The molecular weight excluding hydrogens is 317 g/mol. The molecule has 1 unspecified atom stereocenters. The van der Waals surface area contributed by atoms with Gasteiger partial charge in [0.25, 0.3) is 5.91 Å². The predicted octanol–water partition coefficient (Wildman–Crippen LogP) is 3.60. The van der Waals surface area contributed by atoms with E-state index < -0.39 is 5.82 Å². The highest BCUT2D eigenvalue weighted by Gasteiger charge is 2.16. The van der Waals surface area contributed by atoms with Crippen molar-refractivity contribution in [3.63, 3.8) is 0 Å². The Bertz CT molecular complexity index is 435. The van der Waals surface area contributed by atoms with Gasteiger partial charge in [-0.15, -0.1) is 0 Å². The van der Waals surface area contributed by atoms with Crippen molar-refractivity contribution in [1.82, 2.24) is 5.32 Å². The summed E-state index contributed by atoms with van der Waals surface area (Å²) in [5.74, 6) is 0.562. The highest BCUT2D eigenvalue weighted by molar-refractivity contribution is 9.10. The fourth-order valence-corrected chi connectivity index (χ4v) is 3.61. The van der Waals surface area contributed by atoms with Crippen LogP contribution in [0.5, 0.6) is 0 Å². The SMILES string of the molecule is O=C(NCC1CCCCS1)c1cc(F)ccc1Br. The average molecular weight is 332 g/mol. The number of carbonyl (C=O) groups is 1. The molecule has 1 amide bonds. The normalized spacial score (nSPS) is 19.6. The number of thioether (sulfide) groups is 1. The van der Waals surface area contributed by atoms with E-state index in [1.807, 2.05) is 11.8 Å². The van der Waals surface area contributed by atoms with Crippen LogP contribution >= 0.6 is 27.7 Å². The van der Waals surface area contributed by atoms with Gasteiger partial charge in [-0.25, -0.2) is 4.39 Å². The van der Waals surface area contributed by atoms with E-state index in [1.165, 1.54) is 30.7 Å². The first-order chi connectivity index (χ1) is 8.66. The summed E-state index contributed by atoms with van der Waals surface area (Å²) in [7, 11) is 0. The van der Waals surface area contributed by atoms with Gasteiger partial charge in [0, 0.05) is 16.3 Å². The molecule has 0 radical (unpaired) electrons. The number of amides is 1. The second-order valence-corrected chi connectivity index (χ2v) is 6.59. The summed E-state index contributed by atoms with van der Waals surface area (Å²) < 4.78 is 13.7. The highest BCUT2D eigenvalue weighted by atomic mass is 79.9. The van der Waals surface area contributed by atoms with Crippen molar-refractivity contribution in [3.05, 3.63) is 34.1 Å². The molecule has 0 saturated carbocycles. The van der Waals surface area contributed by atoms with E-state index in [-0.39, 0.29) is 5.91 Å². The molecule has 1 aliphatic heterocycles. The van der Waals surface area contributed by atoms with Crippen molar-refractivity contribution >= 4 is 33.6 Å². The molecule has 1 aromatic carbocycles. The first kappa shape index (κ1) is 13.9. The van der Waals surface area contributed by atoms with Crippen molar-refractivity contribution in [2.24, 2.45) is 0 Å². The van der Waals surface area contributed by atoms with Crippen LogP contribution in [0, 0.1) is 5.82 Å². The molecule has 2 nitrogen and oxygen atoms in total. The molecule has 1 atom stereocenters. The topological polar surface area (TPSA) is 29.1 Å². The van der Waals surface area contributed by atoms with Crippen LogP contribution in [0.15, 0.2) is 22.7 Å². The van der Waals surface area contributed by atoms with E-state index in [0.29, 0.717) is 21.8 Å². The van der Waals surface area contributed by atoms with Crippen LogP contribution in [0.4, 0.5) is 4.39 Å². The van der Waals surface area contributed by atoms with Gasteiger partial charge in [-0.1, -0.05) is 6.42 Å². The van der Waals surface area contributed by atoms with E-state index in [0.717, 1.165) is 6.42 Å². The molecule has 2 rings (SSSR count). The number of benzene rings is 1. The lowest BCUT2D eigenvalue weighted by Crippen LogP contribution is -2.32. The van der Waals surface area contributed by atoms with Gasteiger partial charge in [0.15, 0.2) is 0 Å². The zero-order chi connectivity index (χ0) is 13.0. The lowest BCUT2D eigenvalue weighted by atomic mass is 10.1. The molecule has 1 saturated heterocycles. The van der Waals surface area contributed by atoms with Crippen LogP contribution in [0.3, 0.4) is 0 Å². The van der Waals surface area contributed by atoms with Crippen molar-refractivity contribution in [2.75, 3.05) is 12.3 Å². The van der Waals surface area contributed by atoms with Crippen LogP contribution < -0.4 is 5.32 Å². The first-order valence-electron chi connectivity index (χ1n) is 6.01. The van der Waals surface area contributed by atoms with Crippen molar-refractivity contribution in [2.45, 2.75) is 24.5 Å². The Balaban J connectivity index is 1.92. The molecule has 1 heterocycles. The molecule has 18 heavy (non-hydrogen) atoms. The quantitative estimate of drug-likeness (QED) is 0.916. The van der Waals surface area contributed by atoms with Gasteiger partial charge >= 0.3 is 0 Å². The van der Waals surface area contributed by atoms with Crippen molar-refractivity contribution < 1.29 is 9.18 Å². The summed E-state index contributed by atoms with van der Waals surface area (Å²) in [6.45, 7) is 0.659. The largest absolute Gasteiger partial charge is 0.351 e. The fourth-order valence-electron chi connectivity index (χ4n) is 1.94. The minimum Gasteiger partial charge on any atom is -0.351 e. The van der Waals surface area contributed by atoms with Gasteiger partial charge in [0.1, 0.15) is 5.82 Å². The summed E-state index contributed by atoms with van der Waals surface area (Å²) in [6, 6.07) is 4.14. The smallest absolute Gasteiger partial charge is 0.252 e. The van der Waals surface area contributed by atoms with E-state index in [1.54, 1.807) is 6.07 Å². The fraction of sp³-hybridized carbons (Fsp3) is 0.462. The molecule has 0 aromatic heterocycles. The monoisotopic (exact) mass is 331 g/mol. The molecule has 0 bridgehead atoms. The highest BCUT2D eigenvalue weighted by Crippen LogP contribution is 2.24. The predicted molar refractivity (Wildman–Crippen MR) is 76.5 cm³/mol. The molecule has 1 fully saturated rings. The first-order valence-corrected chi connectivity index (χ1v) is 7.86. The van der Waals surface area contributed by atoms with Gasteiger partial charge in [-0.05, 0) is 52.7 Å². The molecule has 5 heteroatoms. The molecular formula is C13H15BrFNOS. The third-order valence-corrected chi connectivity index (χ3v) is 5.03. The molecule has 1 aliphatic rings. The van der Waals surface area contributed by atoms with Crippen molar-refractivity contribution in [1.29, 1.82) is 0 Å². The molecule has 1 N–H and O–H groups in total. The van der Waals surface area contributed by atoms with Gasteiger partial charge in [0.2, 0.25) is 0 Å². The van der Waals surface area contributed by atoms with E-state index in [9.17, 15) is 9.18 Å².